The van der Waals surface area contributed by atoms with Crippen molar-refractivity contribution < 1.29 is 14.3 Å². The summed E-state index contributed by atoms with van der Waals surface area (Å²) in [7, 11) is 1.75. The van der Waals surface area contributed by atoms with Crippen LogP contribution in [0.5, 0.6) is 0 Å². The maximum Gasteiger partial charge on any atom is 0.257 e. The number of rotatable bonds is 4. The zero-order valence-corrected chi connectivity index (χ0v) is 11.9. The molecule has 0 unspecified atom stereocenters. The molecule has 1 N–H and O–H groups in total. The molecule has 2 aromatic rings. The van der Waals surface area contributed by atoms with Gasteiger partial charge in [0.1, 0.15) is 6.26 Å². The number of thiophene rings is 1. The third-order valence-electron chi connectivity index (χ3n) is 2.64. The van der Waals surface area contributed by atoms with E-state index in [1.807, 2.05) is 11.4 Å². The zero-order chi connectivity index (χ0) is 14.4. The Morgan fingerprint density at radius 2 is 2.40 bits per heavy atom. The Bertz CT molecular complexity index is 619. The van der Waals surface area contributed by atoms with E-state index in [0.29, 0.717) is 18.5 Å². The van der Waals surface area contributed by atoms with Gasteiger partial charge in [-0.05, 0) is 23.1 Å². The first kappa shape index (κ1) is 14.4. The summed E-state index contributed by atoms with van der Waals surface area (Å²) < 4.78 is 4.91. The Balaban J connectivity index is 1.97. The lowest BCUT2D eigenvalue weighted by Gasteiger charge is -2.14. The van der Waals surface area contributed by atoms with Crippen LogP contribution in [0.25, 0.3) is 0 Å². The molecule has 0 bridgehead atoms. The van der Waals surface area contributed by atoms with Gasteiger partial charge in [-0.3, -0.25) is 4.79 Å². The van der Waals surface area contributed by atoms with Gasteiger partial charge in [0, 0.05) is 20.0 Å². The summed E-state index contributed by atoms with van der Waals surface area (Å²) in [5, 5.41) is 10.7. The number of aliphatic hydroxyl groups excluding tert-OH is 1. The fourth-order valence-electron chi connectivity index (χ4n) is 1.68. The standard InChI is InChI=1S/C15H15NO3S/c1-16(15(18)13-5-7-19-10-13)9-12-8-14(20-11-12)4-2-3-6-17/h5,7-8,10-11,17H,3,6,9H2,1H3. The number of carbonyl (C=O) groups excluding carboxylic acids is 1. The van der Waals surface area contributed by atoms with Gasteiger partial charge in [-0.15, -0.1) is 11.3 Å². The van der Waals surface area contributed by atoms with Gasteiger partial charge in [0.25, 0.3) is 5.91 Å². The molecule has 0 aliphatic heterocycles. The molecule has 1 amide bonds. The third kappa shape index (κ3) is 3.73. The van der Waals surface area contributed by atoms with Crippen LogP contribution in [0.1, 0.15) is 27.2 Å². The largest absolute Gasteiger partial charge is 0.472 e. The molecule has 0 aromatic carbocycles. The minimum absolute atomic E-state index is 0.0714. The highest BCUT2D eigenvalue weighted by Gasteiger charge is 2.13. The molecule has 20 heavy (non-hydrogen) atoms. The molecule has 104 valence electrons. The molecule has 0 saturated heterocycles. The molecule has 5 heteroatoms. The highest BCUT2D eigenvalue weighted by atomic mass is 32.1. The van der Waals surface area contributed by atoms with Crippen LogP contribution in [-0.2, 0) is 6.54 Å². The van der Waals surface area contributed by atoms with Gasteiger partial charge in [0.15, 0.2) is 0 Å². The van der Waals surface area contributed by atoms with Gasteiger partial charge in [0.05, 0.1) is 23.3 Å². The van der Waals surface area contributed by atoms with Gasteiger partial charge >= 0.3 is 0 Å². The lowest BCUT2D eigenvalue weighted by molar-refractivity contribution is 0.0784. The van der Waals surface area contributed by atoms with Crippen molar-refractivity contribution in [1.29, 1.82) is 0 Å². The fraction of sp³-hybridized carbons (Fsp3) is 0.267. The number of furan rings is 1. The second kappa shape index (κ2) is 6.94. The molecule has 2 rings (SSSR count). The maximum absolute atomic E-state index is 12.0. The molecule has 0 atom stereocenters. The minimum Gasteiger partial charge on any atom is -0.472 e. The van der Waals surface area contributed by atoms with Crippen LogP contribution < -0.4 is 0 Å². The SMILES string of the molecule is CN(Cc1csc(C#CCCO)c1)C(=O)c1ccoc1. The van der Waals surface area contributed by atoms with Crippen LogP contribution in [0.2, 0.25) is 0 Å². The summed E-state index contributed by atoms with van der Waals surface area (Å²) in [6.07, 6.45) is 3.41. The summed E-state index contributed by atoms with van der Waals surface area (Å²) in [6, 6.07) is 3.62. The topological polar surface area (TPSA) is 53.7 Å². The predicted octanol–water partition coefficient (Wildman–Crippen LogP) is 2.35. The summed E-state index contributed by atoms with van der Waals surface area (Å²) >= 11 is 1.54. The van der Waals surface area contributed by atoms with E-state index in [1.165, 1.54) is 23.9 Å². The van der Waals surface area contributed by atoms with Crippen molar-refractivity contribution in [3.63, 3.8) is 0 Å². The van der Waals surface area contributed by atoms with E-state index in [9.17, 15) is 4.79 Å². The second-order valence-corrected chi connectivity index (χ2v) is 5.18. The Morgan fingerprint density at radius 3 is 3.10 bits per heavy atom. The molecule has 0 saturated carbocycles. The van der Waals surface area contributed by atoms with Gasteiger partial charge in [-0.2, -0.15) is 0 Å². The molecule has 0 fully saturated rings. The number of nitrogens with zero attached hydrogens (tertiary/aromatic N) is 1. The number of hydrogen-bond acceptors (Lipinski definition) is 4. The number of hydrogen-bond donors (Lipinski definition) is 1. The number of amides is 1. The van der Waals surface area contributed by atoms with E-state index in [0.717, 1.165) is 10.4 Å². The first-order chi connectivity index (χ1) is 9.70. The van der Waals surface area contributed by atoms with Crippen molar-refractivity contribution >= 4 is 17.2 Å². The first-order valence-corrected chi connectivity index (χ1v) is 7.03. The zero-order valence-electron chi connectivity index (χ0n) is 11.1. The van der Waals surface area contributed by atoms with Crippen molar-refractivity contribution in [3.8, 4) is 11.8 Å². The highest BCUT2D eigenvalue weighted by Crippen LogP contribution is 2.16. The molecule has 4 nitrogen and oxygen atoms in total. The van der Waals surface area contributed by atoms with Gasteiger partial charge in [0.2, 0.25) is 0 Å². The minimum atomic E-state index is -0.0714. The Morgan fingerprint density at radius 1 is 1.55 bits per heavy atom. The van der Waals surface area contributed by atoms with E-state index >= 15 is 0 Å². The van der Waals surface area contributed by atoms with Crippen LogP contribution >= 0.6 is 11.3 Å². The van der Waals surface area contributed by atoms with Crippen LogP contribution in [0.15, 0.2) is 34.5 Å². The van der Waals surface area contributed by atoms with Gasteiger partial charge in [-0.25, -0.2) is 0 Å². The smallest absolute Gasteiger partial charge is 0.257 e. The Kier molecular flexibility index (Phi) is 4.99. The molecule has 0 aliphatic rings. The van der Waals surface area contributed by atoms with Crippen LogP contribution in [-0.4, -0.2) is 29.6 Å². The quantitative estimate of drug-likeness (QED) is 0.879. The van der Waals surface area contributed by atoms with E-state index in [4.69, 9.17) is 9.52 Å². The van der Waals surface area contributed by atoms with Crippen molar-refractivity contribution in [2.75, 3.05) is 13.7 Å². The molecule has 0 aliphatic carbocycles. The average Bonchev–Trinajstić information content (AvgIpc) is 3.09. The van der Waals surface area contributed by atoms with Crippen LogP contribution in [0.4, 0.5) is 0 Å². The normalized spacial score (nSPS) is 9.90. The first-order valence-electron chi connectivity index (χ1n) is 6.15. The van der Waals surface area contributed by atoms with E-state index < -0.39 is 0 Å². The molecule has 2 heterocycles. The number of carbonyl (C=O) groups is 1. The molecular weight excluding hydrogens is 274 g/mol. The monoisotopic (exact) mass is 289 g/mol. The van der Waals surface area contributed by atoms with Crippen molar-refractivity contribution in [2.45, 2.75) is 13.0 Å². The van der Waals surface area contributed by atoms with Crippen molar-refractivity contribution in [2.24, 2.45) is 0 Å². The fourth-order valence-corrected chi connectivity index (χ4v) is 2.45. The predicted molar refractivity (Wildman–Crippen MR) is 77.4 cm³/mol. The Hall–Kier alpha value is -2.03. The molecule has 0 spiro atoms. The molecule has 2 aromatic heterocycles. The summed E-state index contributed by atoms with van der Waals surface area (Å²) in [5.74, 6) is 5.80. The maximum atomic E-state index is 12.0. The summed E-state index contributed by atoms with van der Waals surface area (Å²) in [5.41, 5.74) is 1.59. The molecular formula is C15H15NO3S. The lowest BCUT2D eigenvalue weighted by Crippen LogP contribution is -2.25. The number of aliphatic hydroxyl groups is 1. The molecule has 0 radical (unpaired) electrons. The Labute approximate surface area is 121 Å². The summed E-state index contributed by atoms with van der Waals surface area (Å²) in [4.78, 5) is 14.6. The highest BCUT2D eigenvalue weighted by molar-refractivity contribution is 7.10. The van der Waals surface area contributed by atoms with Crippen LogP contribution in [0.3, 0.4) is 0 Å². The van der Waals surface area contributed by atoms with Gasteiger partial charge < -0.3 is 14.4 Å². The van der Waals surface area contributed by atoms with Crippen LogP contribution in [0, 0.1) is 11.8 Å². The van der Waals surface area contributed by atoms with Gasteiger partial charge in [-0.1, -0.05) is 11.8 Å². The van der Waals surface area contributed by atoms with Crippen molar-refractivity contribution in [1.82, 2.24) is 4.90 Å². The van der Waals surface area contributed by atoms with E-state index in [1.54, 1.807) is 18.0 Å². The van der Waals surface area contributed by atoms with E-state index in [-0.39, 0.29) is 12.5 Å². The van der Waals surface area contributed by atoms with E-state index in [2.05, 4.69) is 11.8 Å². The summed E-state index contributed by atoms with van der Waals surface area (Å²) in [6.45, 7) is 0.607. The van der Waals surface area contributed by atoms with Crippen molar-refractivity contribution in [3.05, 3.63) is 46.0 Å². The third-order valence-corrected chi connectivity index (χ3v) is 3.53. The average molecular weight is 289 g/mol. The lowest BCUT2D eigenvalue weighted by atomic mass is 10.2. The second-order valence-electron chi connectivity index (χ2n) is 4.27.